The van der Waals surface area contributed by atoms with E-state index < -0.39 is 0 Å². The topological polar surface area (TPSA) is 26.5 Å². The molecule has 22 heavy (non-hydrogen) atoms. The number of fused-ring (bicyclic) bond motifs is 1. The van der Waals surface area contributed by atoms with Gasteiger partial charge < -0.3 is 4.74 Å². The average molecular weight is 288 g/mol. The summed E-state index contributed by atoms with van der Waals surface area (Å²) in [5.74, 6) is 0.650. The van der Waals surface area contributed by atoms with E-state index in [4.69, 9.17) is 11.3 Å². The van der Waals surface area contributed by atoms with Crippen molar-refractivity contribution in [3.63, 3.8) is 0 Å². The van der Waals surface area contributed by atoms with E-state index in [1.807, 2.05) is 56.3 Å². The third kappa shape index (κ3) is 2.77. The van der Waals surface area contributed by atoms with Crippen LogP contribution in [0.15, 0.2) is 54.6 Å². The second-order valence-corrected chi connectivity index (χ2v) is 5.36. The number of ether oxygens (including phenoxy) is 1. The second kappa shape index (κ2) is 5.87. The molecule has 3 nitrogen and oxygen atoms in total. The van der Waals surface area contributed by atoms with Crippen LogP contribution < -0.4 is 4.74 Å². The van der Waals surface area contributed by atoms with E-state index in [2.05, 4.69) is 22.0 Å². The highest BCUT2D eigenvalue weighted by Crippen LogP contribution is 2.30. The maximum Gasteiger partial charge on any atom is 0.222 e. The molecule has 0 fully saturated rings. The Morgan fingerprint density at radius 1 is 1.05 bits per heavy atom. The summed E-state index contributed by atoms with van der Waals surface area (Å²) in [7, 11) is 0. The lowest BCUT2D eigenvalue weighted by molar-refractivity contribution is 0.236. The highest BCUT2D eigenvalue weighted by molar-refractivity contribution is 5.90. The SMILES string of the molecule is [C-]#[N+]c1ccc(-c2cc3ccccc3c(OC(C)C)n2)cc1. The summed E-state index contributed by atoms with van der Waals surface area (Å²) >= 11 is 0. The number of benzene rings is 2. The maximum absolute atomic E-state index is 7.03. The van der Waals surface area contributed by atoms with Crippen molar-refractivity contribution in [2.24, 2.45) is 0 Å². The molecule has 0 bridgehead atoms. The zero-order valence-electron chi connectivity index (χ0n) is 12.6. The summed E-state index contributed by atoms with van der Waals surface area (Å²) in [6.45, 7) is 11.0. The van der Waals surface area contributed by atoms with Crippen LogP contribution in [0.5, 0.6) is 5.88 Å². The summed E-state index contributed by atoms with van der Waals surface area (Å²) in [4.78, 5) is 8.08. The third-order valence-electron chi connectivity index (χ3n) is 3.34. The third-order valence-corrected chi connectivity index (χ3v) is 3.34. The number of rotatable bonds is 3. The van der Waals surface area contributed by atoms with Gasteiger partial charge in [-0.1, -0.05) is 42.5 Å². The Morgan fingerprint density at radius 2 is 1.77 bits per heavy atom. The van der Waals surface area contributed by atoms with Crippen LogP contribution in [0, 0.1) is 6.57 Å². The number of hydrogen-bond donors (Lipinski definition) is 0. The van der Waals surface area contributed by atoms with Crippen molar-refractivity contribution in [2.45, 2.75) is 20.0 Å². The molecule has 3 rings (SSSR count). The predicted molar refractivity (Wildman–Crippen MR) is 89.2 cm³/mol. The molecule has 0 aliphatic carbocycles. The summed E-state index contributed by atoms with van der Waals surface area (Å²) < 4.78 is 5.87. The van der Waals surface area contributed by atoms with Gasteiger partial charge in [0.05, 0.1) is 18.4 Å². The van der Waals surface area contributed by atoms with Crippen molar-refractivity contribution in [2.75, 3.05) is 0 Å². The maximum atomic E-state index is 7.03. The summed E-state index contributed by atoms with van der Waals surface area (Å²) in [6, 6.07) is 17.6. The fourth-order valence-corrected chi connectivity index (χ4v) is 2.33. The van der Waals surface area contributed by atoms with E-state index in [1.165, 1.54) is 0 Å². The predicted octanol–water partition coefficient (Wildman–Crippen LogP) is 5.24. The van der Waals surface area contributed by atoms with Gasteiger partial charge in [0.15, 0.2) is 5.69 Å². The van der Waals surface area contributed by atoms with Gasteiger partial charge in [-0.25, -0.2) is 9.83 Å². The molecule has 3 heteroatoms. The van der Waals surface area contributed by atoms with Crippen LogP contribution in [0.2, 0.25) is 0 Å². The lowest BCUT2D eigenvalue weighted by atomic mass is 10.1. The fraction of sp³-hybridized carbons (Fsp3) is 0.158. The van der Waals surface area contributed by atoms with E-state index in [9.17, 15) is 0 Å². The van der Waals surface area contributed by atoms with E-state index in [1.54, 1.807) is 0 Å². The van der Waals surface area contributed by atoms with Gasteiger partial charge in [-0.2, -0.15) is 0 Å². The van der Waals surface area contributed by atoms with Crippen LogP contribution in [-0.4, -0.2) is 11.1 Å². The Balaban J connectivity index is 2.15. The van der Waals surface area contributed by atoms with E-state index in [0.717, 1.165) is 22.0 Å². The van der Waals surface area contributed by atoms with Gasteiger partial charge in [0.2, 0.25) is 5.88 Å². The van der Waals surface area contributed by atoms with Crippen LogP contribution >= 0.6 is 0 Å². The summed E-state index contributed by atoms with van der Waals surface area (Å²) in [5.41, 5.74) is 2.46. The van der Waals surface area contributed by atoms with Gasteiger partial charge in [-0.15, -0.1) is 0 Å². The summed E-state index contributed by atoms with van der Waals surface area (Å²) in [6.07, 6.45) is 0.0654. The molecule has 2 aromatic carbocycles. The number of aromatic nitrogens is 1. The Morgan fingerprint density at radius 3 is 2.45 bits per heavy atom. The van der Waals surface area contributed by atoms with Crippen molar-refractivity contribution in [1.29, 1.82) is 0 Å². The zero-order valence-corrected chi connectivity index (χ0v) is 12.6. The standard InChI is InChI=1S/C19H16N2O/c1-13(2)22-19-17-7-5-4-6-15(17)12-18(21-19)14-8-10-16(20-3)11-9-14/h4-13H,1-2H3. The van der Waals surface area contributed by atoms with E-state index in [0.29, 0.717) is 11.6 Å². The van der Waals surface area contributed by atoms with Gasteiger partial charge in [0.25, 0.3) is 0 Å². The molecule has 0 spiro atoms. The first-order valence-corrected chi connectivity index (χ1v) is 7.22. The van der Waals surface area contributed by atoms with Crippen molar-refractivity contribution < 1.29 is 4.74 Å². The van der Waals surface area contributed by atoms with Crippen LogP contribution in [0.3, 0.4) is 0 Å². The molecule has 0 amide bonds. The molecular weight excluding hydrogens is 272 g/mol. The average Bonchev–Trinajstić information content (AvgIpc) is 2.54. The first-order valence-electron chi connectivity index (χ1n) is 7.22. The fourth-order valence-electron chi connectivity index (χ4n) is 2.33. The minimum Gasteiger partial charge on any atom is -0.474 e. The number of hydrogen-bond acceptors (Lipinski definition) is 2. The molecule has 0 aliphatic rings. The Hall–Kier alpha value is -2.86. The highest BCUT2D eigenvalue weighted by Gasteiger charge is 2.10. The molecular formula is C19H16N2O. The van der Waals surface area contributed by atoms with Crippen molar-refractivity contribution in [1.82, 2.24) is 4.98 Å². The zero-order chi connectivity index (χ0) is 15.5. The molecule has 1 heterocycles. The molecule has 0 unspecified atom stereocenters. The van der Waals surface area contributed by atoms with Gasteiger partial charge in [0, 0.05) is 5.39 Å². The van der Waals surface area contributed by atoms with Crippen LogP contribution in [0.25, 0.3) is 26.9 Å². The Labute approximate surface area is 130 Å². The highest BCUT2D eigenvalue weighted by atomic mass is 16.5. The Bertz CT molecular complexity index is 845. The first kappa shape index (κ1) is 14.1. The molecule has 0 N–H and O–H groups in total. The quantitative estimate of drug-likeness (QED) is 0.616. The number of nitrogens with zero attached hydrogens (tertiary/aromatic N) is 2. The van der Waals surface area contributed by atoms with Gasteiger partial charge in [-0.3, -0.25) is 0 Å². The molecule has 0 radical (unpaired) electrons. The molecule has 3 aromatic rings. The first-order chi connectivity index (χ1) is 10.7. The van der Waals surface area contributed by atoms with Gasteiger partial charge in [0.1, 0.15) is 0 Å². The smallest absolute Gasteiger partial charge is 0.222 e. The molecule has 0 saturated heterocycles. The Kier molecular flexibility index (Phi) is 3.76. The van der Waals surface area contributed by atoms with Crippen molar-refractivity contribution in [3.05, 3.63) is 66.0 Å². The van der Waals surface area contributed by atoms with Crippen LogP contribution in [0.4, 0.5) is 5.69 Å². The van der Waals surface area contributed by atoms with E-state index >= 15 is 0 Å². The van der Waals surface area contributed by atoms with Crippen LogP contribution in [-0.2, 0) is 0 Å². The molecule has 0 aliphatic heterocycles. The van der Waals surface area contributed by atoms with E-state index in [-0.39, 0.29) is 6.10 Å². The minimum absolute atomic E-state index is 0.0654. The lowest BCUT2D eigenvalue weighted by Gasteiger charge is -2.13. The molecule has 0 saturated carbocycles. The van der Waals surface area contributed by atoms with Crippen molar-refractivity contribution in [3.8, 4) is 17.1 Å². The molecule has 108 valence electrons. The van der Waals surface area contributed by atoms with Crippen molar-refractivity contribution >= 4 is 16.5 Å². The van der Waals surface area contributed by atoms with Gasteiger partial charge in [-0.05, 0) is 36.9 Å². The monoisotopic (exact) mass is 288 g/mol. The van der Waals surface area contributed by atoms with Gasteiger partial charge >= 0.3 is 0 Å². The minimum atomic E-state index is 0.0654. The number of pyridine rings is 1. The normalized spacial score (nSPS) is 10.6. The summed E-state index contributed by atoms with van der Waals surface area (Å²) in [5, 5.41) is 2.11. The van der Waals surface area contributed by atoms with Crippen LogP contribution in [0.1, 0.15) is 13.8 Å². The largest absolute Gasteiger partial charge is 0.474 e. The molecule has 1 aromatic heterocycles. The molecule has 0 atom stereocenters. The second-order valence-electron chi connectivity index (χ2n) is 5.36. The lowest BCUT2D eigenvalue weighted by Crippen LogP contribution is -2.07.